The van der Waals surface area contributed by atoms with Gasteiger partial charge in [-0.1, -0.05) is 15.9 Å². The minimum Gasteiger partial charge on any atom is -0.280 e. The molecule has 0 aromatic heterocycles. The molecule has 0 spiro atoms. The van der Waals surface area contributed by atoms with Gasteiger partial charge in [0.1, 0.15) is 0 Å². The Morgan fingerprint density at radius 3 is 1.64 bits per heavy atom. The van der Waals surface area contributed by atoms with Crippen LogP contribution in [0, 0.1) is 0 Å². The zero-order valence-corrected chi connectivity index (χ0v) is 14.3. The van der Waals surface area contributed by atoms with Gasteiger partial charge in [-0.15, -0.1) is 0 Å². The predicted octanol–water partition coefficient (Wildman–Crippen LogP) is 5.29. The van der Waals surface area contributed by atoms with E-state index in [1.165, 1.54) is 12.1 Å². The monoisotopic (exact) mass is 447 g/mol. The van der Waals surface area contributed by atoms with E-state index in [4.69, 9.17) is 0 Å². The van der Waals surface area contributed by atoms with Crippen LogP contribution in [0.5, 0.6) is 0 Å². The van der Waals surface area contributed by atoms with E-state index in [-0.39, 0.29) is 11.0 Å². The Labute approximate surface area is 146 Å². The van der Waals surface area contributed by atoms with E-state index in [0.717, 1.165) is 12.1 Å². The summed E-state index contributed by atoms with van der Waals surface area (Å²) in [7, 11) is -4.36. The molecule has 2 aromatic carbocycles. The second kappa shape index (κ2) is 6.52. The lowest BCUT2D eigenvalue weighted by atomic mass is 10.1. The SMILES string of the molecule is O=S(=O)(Nc1cc(C(F)(F)F)cc(C(F)(F)F)c1)c1ccc(Br)cc1. The smallest absolute Gasteiger partial charge is 0.280 e. The first-order valence-corrected chi connectivity index (χ1v) is 8.64. The first kappa shape index (κ1) is 19.6. The van der Waals surface area contributed by atoms with E-state index in [0.29, 0.717) is 16.6 Å². The molecular formula is C14H8BrF6NO2S. The third kappa shape index (κ3) is 4.88. The summed E-state index contributed by atoms with van der Waals surface area (Å²) in [4.78, 5) is -0.318. The maximum absolute atomic E-state index is 12.8. The van der Waals surface area contributed by atoms with Gasteiger partial charge in [0.2, 0.25) is 0 Å². The van der Waals surface area contributed by atoms with Crippen LogP contribution in [0.2, 0.25) is 0 Å². The number of alkyl halides is 6. The third-order valence-corrected chi connectivity index (χ3v) is 4.89. The van der Waals surface area contributed by atoms with Crippen molar-refractivity contribution in [2.45, 2.75) is 17.2 Å². The fourth-order valence-corrected chi connectivity index (χ4v) is 3.15. The first-order valence-electron chi connectivity index (χ1n) is 6.37. The Morgan fingerprint density at radius 2 is 1.24 bits per heavy atom. The highest BCUT2D eigenvalue weighted by molar-refractivity contribution is 9.10. The molecule has 0 amide bonds. The summed E-state index contributed by atoms with van der Waals surface area (Å²) >= 11 is 3.08. The molecule has 0 heterocycles. The van der Waals surface area contributed by atoms with Crippen LogP contribution < -0.4 is 4.72 Å². The van der Waals surface area contributed by atoms with E-state index in [1.54, 1.807) is 4.72 Å². The molecule has 0 unspecified atom stereocenters. The minimum absolute atomic E-state index is 0.0859. The normalized spacial score (nSPS) is 12.9. The van der Waals surface area contributed by atoms with Crippen molar-refractivity contribution in [2.24, 2.45) is 0 Å². The number of anilines is 1. The molecule has 0 aliphatic rings. The molecular weight excluding hydrogens is 440 g/mol. The van der Waals surface area contributed by atoms with Gasteiger partial charge in [0.25, 0.3) is 10.0 Å². The maximum atomic E-state index is 12.8. The maximum Gasteiger partial charge on any atom is 0.416 e. The van der Waals surface area contributed by atoms with Crippen LogP contribution >= 0.6 is 15.9 Å². The Bertz CT molecular complexity index is 843. The van der Waals surface area contributed by atoms with Crippen LogP contribution in [-0.4, -0.2) is 8.42 Å². The number of halogens is 7. The molecule has 2 rings (SSSR count). The Kier molecular flexibility index (Phi) is 5.11. The molecule has 25 heavy (non-hydrogen) atoms. The van der Waals surface area contributed by atoms with Crippen molar-refractivity contribution in [1.29, 1.82) is 0 Å². The van der Waals surface area contributed by atoms with Crippen molar-refractivity contribution in [3.05, 3.63) is 58.1 Å². The van der Waals surface area contributed by atoms with Gasteiger partial charge in [0.15, 0.2) is 0 Å². The Balaban J connectivity index is 2.49. The van der Waals surface area contributed by atoms with Gasteiger partial charge < -0.3 is 0 Å². The van der Waals surface area contributed by atoms with Gasteiger partial charge in [-0.2, -0.15) is 26.3 Å². The summed E-state index contributed by atoms with van der Waals surface area (Å²) in [6, 6.07) is 5.52. The standard InChI is InChI=1S/C14H8BrF6NO2S/c15-10-1-3-12(4-2-10)25(23,24)22-11-6-8(13(16,17)18)5-9(7-11)14(19,20)21/h1-7,22H. The number of hydrogen-bond donors (Lipinski definition) is 1. The number of benzene rings is 2. The van der Waals surface area contributed by atoms with E-state index >= 15 is 0 Å². The second-order valence-electron chi connectivity index (χ2n) is 4.85. The summed E-state index contributed by atoms with van der Waals surface area (Å²) in [6.07, 6.45) is -10.1. The lowest BCUT2D eigenvalue weighted by Crippen LogP contribution is -2.16. The number of hydrogen-bond acceptors (Lipinski definition) is 2. The molecule has 2 aromatic rings. The van der Waals surface area contributed by atoms with Crippen LogP contribution in [0.25, 0.3) is 0 Å². The van der Waals surface area contributed by atoms with E-state index in [9.17, 15) is 34.8 Å². The molecule has 0 aliphatic heterocycles. The Hall–Kier alpha value is -1.75. The highest BCUT2D eigenvalue weighted by atomic mass is 79.9. The molecule has 0 bridgehead atoms. The molecule has 0 fully saturated rings. The molecule has 136 valence electrons. The predicted molar refractivity (Wildman–Crippen MR) is 81.4 cm³/mol. The highest BCUT2D eigenvalue weighted by Crippen LogP contribution is 2.38. The zero-order chi connectivity index (χ0) is 19.0. The average Bonchev–Trinajstić information content (AvgIpc) is 2.45. The molecule has 1 N–H and O–H groups in total. The zero-order valence-electron chi connectivity index (χ0n) is 11.9. The van der Waals surface area contributed by atoms with Crippen molar-refractivity contribution in [3.8, 4) is 0 Å². The van der Waals surface area contributed by atoms with E-state index < -0.39 is 39.2 Å². The lowest BCUT2D eigenvalue weighted by molar-refractivity contribution is -0.143. The Morgan fingerprint density at radius 1 is 0.800 bits per heavy atom. The molecule has 0 saturated carbocycles. The van der Waals surface area contributed by atoms with Crippen molar-refractivity contribution in [2.75, 3.05) is 4.72 Å². The average molecular weight is 448 g/mol. The number of sulfonamides is 1. The fourth-order valence-electron chi connectivity index (χ4n) is 1.84. The van der Waals surface area contributed by atoms with Crippen LogP contribution in [0.4, 0.5) is 32.0 Å². The minimum atomic E-state index is -5.07. The number of nitrogens with one attached hydrogen (secondary N) is 1. The van der Waals surface area contributed by atoms with Crippen molar-refractivity contribution in [1.82, 2.24) is 0 Å². The van der Waals surface area contributed by atoms with Gasteiger partial charge in [-0.05, 0) is 42.5 Å². The second-order valence-corrected chi connectivity index (χ2v) is 7.45. The fraction of sp³-hybridized carbons (Fsp3) is 0.143. The van der Waals surface area contributed by atoms with Gasteiger partial charge in [-0.25, -0.2) is 8.42 Å². The largest absolute Gasteiger partial charge is 0.416 e. The van der Waals surface area contributed by atoms with Gasteiger partial charge in [0.05, 0.1) is 21.7 Å². The van der Waals surface area contributed by atoms with Gasteiger partial charge in [-0.3, -0.25) is 4.72 Å². The molecule has 0 atom stereocenters. The summed E-state index contributed by atoms with van der Waals surface area (Å²) in [5.74, 6) is 0. The lowest BCUT2D eigenvalue weighted by Gasteiger charge is -2.15. The van der Waals surface area contributed by atoms with Crippen LogP contribution in [-0.2, 0) is 22.4 Å². The molecule has 0 aliphatic carbocycles. The highest BCUT2D eigenvalue weighted by Gasteiger charge is 2.37. The molecule has 0 saturated heterocycles. The summed E-state index contributed by atoms with van der Waals surface area (Å²) in [5, 5.41) is 0. The van der Waals surface area contributed by atoms with E-state index in [2.05, 4.69) is 15.9 Å². The van der Waals surface area contributed by atoms with Crippen LogP contribution in [0.1, 0.15) is 11.1 Å². The molecule has 3 nitrogen and oxygen atoms in total. The number of rotatable bonds is 3. The van der Waals surface area contributed by atoms with Crippen molar-refractivity contribution < 1.29 is 34.8 Å². The van der Waals surface area contributed by atoms with Crippen molar-refractivity contribution >= 4 is 31.6 Å². The van der Waals surface area contributed by atoms with Gasteiger partial charge >= 0.3 is 12.4 Å². The van der Waals surface area contributed by atoms with Crippen LogP contribution in [0.15, 0.2) is 51.8 Å². The first-order chi connectivity index (χ1) is 11.3. The summed E-state index contributed by atoms with van der Waals surface area (Å²) in [5.41, 5.74) is -4.07. The summed E-state index contributed by atoms with van der Waals surface area (Å²) in [6.45, 7) is 0. The van der Waals surface area contributed by atoms with E-state index in [1.807, 2.05) is 0 Å². The topological polar surface area (TPSA) is 46.2 Å². The van der Waals surface area contributed by atoms with Gasteiger partial charge in [0, 0.05) is 4.47 Å². The van der Waals surface area contributed by atoms with Crippen LogP contribution in [0.3, 0.4) is 0 Å². The molecule has 0 radical (unpaired) electrons. The summed E-state index contributed by atoms with van der Waals surface area (Å²) < 4.78 is 103. The van der Waals surface area contributed by atoms with Crippen molar-refractivity contribution in [3.63, 3.8) is 0 Å². The quantitative estimate of drug-likeness (QED) is 0.650. The third-order valence-electron chi connectivity index (χ3n) is 2.96. The molecule has 11 heteroatoms.